The van der Waals surface area contributed by atoms with Crippen LogP contribution >= 0.6 is 0 Å². The highest BCUT2D eigenvalue weighted by Gasteiger charge is 2.31. The molecule has 1 saturated carbocycles. The zero-order valence-corrected chi connectivity index (χ0v) is 15.9. The zero-order valence-electron chi connectivity index (χ0n) is 15.9. The van der Waals surface area contributed by atoms with Gasteiger partial charge in [-0.05, 0) is 53.6 Å². The minimum absolute atomic E-state index is 0.162. The lowest BCUT2D eigenvalue weighted by molar-refractivity contribution is 0.0951. The molecular weight excluding hydrogens is 388 g/mol. The summed E-state index contributed by atoms with van der Waals surface area (Å²) in [7, 11) is 0. The van der Waals surface area contributed by atoms with E-state index in [4.69, 9.17) is 4.42 Å². The fourth-order valence-electron chi connectivity index (χ4n) is 3.25. The Balaban J connectivity index is 1.28. The van der Waals surface area contributed by atoms with E-state index < -0.39 is 0 Å². The predicted octanol–water partition coefficient (Wildman–Crippen LogP) is 1.05. The third-order valence-corrected chi connectivity index (χ3v) is 4.86. The Morgan fingerprint density at radius 2 is 2.13 bits per heavy atom. The summed E-state index contributed by atoms with van der Waals surface area (Å²) in [5, 5.41) is 18.3. The van der Waals surface area contributed by atoms with E-state index >= 15 is 0 Å². The number of amides is 1. The molecule has 0 aliphatic heterocycles. The SMILES string of the molecule is O=C(NCCn1nc(-c2ccco2)n(C2CC2)c1=O)c1cccc(-n2cnnn2)c1. The van der Waals surface area contributed by atoms with Crippen molar-refractivity contribution in [3.05, 3.63) is 65.0 Å². The highest BCUT2D eigenvalue weighted by molar-refractivity contribution is 5.94. The normalized spacial score (nSPS) is 13.5. The number of nitrogens with zero attached hydrogens (tertiary/aromatic N) is 7. The molecule has 11 nitrogen and oxygen atoms in total. The highest BCUT2D eigenvalue weighted by Crippen LogP contribution is 2.36. The van der Waals surface area contributed by atoms with Crippen LogP contribution in [0.5, 0.6) is 0 Å². The van der Waals surface area contributed by atoms with Gasteiger partial charge in [0.25, 0.3) is 5.91 Å². The maximum Gasteiger partial charge on any atom is 0.346 e. The molecule has 11 heteroatoms. The Bertz CT molecular complexity index is 1220. The van der Waals surface area contributed by atoms with E-state index in [0.29, 0.717) is 22.8 Å². The molecule has 4 aromatic rings. The predicted molar refractivity (Wildman–Crippen MR) is 104 cm³/mol. The summed E-state index contributed by atoms with van der Waals surface area (Å²) in [6, 6.07) is 10.6. The maximum absolute atomic E-state index is 12.8. The van der Waals surface area contributed by atoms with Gasteiger partial charge < -0.3 is 9.73 Å². The average molecular weight is 406 g/mol. The van der Waals surface area contributed by atoms with Crippen molar-refractivity contribution in [3.8, 4) is 17.3 Å². The van der Waals surface area contributed by atoms with Crippen molar-refractivity contribution in [2.45, 2.75) is 25.4 Å². The molecule has 152 valence electrons. The standard InChI is InChI=1S/C19H18N8O3/c28-18(13-3-1-4-15(11-13)26-12-21-23-24-26)20-8-9-25-19(29)27(14-6-7-14)17(22-25)16-5-2-10-30-16/h1-5,10-12,14H,6-9H2,(H,20,28). The Kier molecular flexibility index (Phi) is 4.46. The monoisotopic (exact) mass is 406 g/mol. The molecule has 0 saturated heterocycles. The van der Waals surface area contributed by atoms with Crippen molar-refractivity contribution in [3.63, 3.8) is 0 Å². The minimum atomic E-state index is -0.258. The van der Waals surface area contributed by atoms with Crippen LogP contribution in [0.1, 0.15) is 29.2 Å². The third kappa shape index (κ3) is 3.41. The Morgan fingerprint density at radius 3 is 2.87 bits per heavy atom. The van der Waals surface area contributed by atoms with E-state index in [0.717, 1.165) is 12.8 Å². The summed E-state index contributed by atoms with van der Waals surface area (Å²) in [5.41, 5.74) is 0.948. The number of carbonyl (C=O) groups excluding carboxylic acids is 1. The van der Waals surface area contributed by atoms with Gasteiger partial charge in [-0.3, -0.25) is 9.36 Å². The van der Waals surface area contributed by atoms with Gasteiger partial charge in [0.15, 0.2) is 5.76 Å². The van der Waals surface area contributed by atoms with E-state index in [-0.39, 0.29) is 30.7 Å². The number of hydrogen-bond donors (Lipinski definition) is 1. The quantitative estimate of drug-likeness (QED) is 0.486. The molecule has 1 aliphatic rings. The topological polar surface area (TPSA) is 126 Å². The van der Waals surface area contributed by atoms with E-state index in [1.54, 1.807) is 47.2 Å². The number of carbonyl (C=O) groups is 1. The van der Waals surface area contributed by atoms with Crippen LogP contribution in [0.2, 0.25) is 0 Å². The fraction of sp³-hybridized carbons (Fsp3) is 0.263. The first-order valence-corrected chi connectivity index (χ1v) is 9.55. The fourth-order valence-corrected chi connectivity index (χ4v) is 3.25. The van der Waals surface area contributed by atoms with Crippen LogP contribution in [-0.4, -0.2) is 47.0 Å². The molecule has 1 aliphatic carbocycles. The van der Waals surface area contributed by atoms with E-state index in [9.17, 15) is 9.59 Å². The van der Waals surface area contributed by atoms with Gasteiger partial charge >= 0.3 is 5.69 Å². The second kappa shape index (κ2) is 7.43. The number of hydrogen-bond acceptors (Lipinski definition) is 7. The molecule has 1 amide bonds. The number of benzene rings is 1. The molecule has 0 unspecified atom stereocenters. The summed E-state index contributed by atoms with van der Waals surface area (Å²) in [6.07, 6.45) is 4.91. The van der Waals surface area contributed by atoms with Gasteiger partial charge in [0, 0.05) is 18.2 Å². The van der Waals surface area contributed by atoms with Gasteiger partial charge in [-0.1, -0.05) is 6.07 Å². The first-order valence-electron chi connectivity index (χ1n) is 9.55. The van der Waals surface area contributed by atoms with Crippen molar-refractivity contribution in [1.29, 1.82) is 0 Å². The van der Waals surface area contributed by atoms with Crippen LogP contribution < -0.4 is 11.0 Å². The molecule has 1 fully saturated rings. The summed E-state index contributed by atoms with van der Waals surface area (Å²) < 4.78 is 9.94. The van der Waals surface area contributed by atoms with Gasteiger partial charge in [0.05, 0.1) is 18.5 Å². The van der Waals surface area contributed by atoms with Crippen LogP contribution in [0.25, 0.3) is 17.3 Å². The molecule has 1 N–H and O–H groups in total. The molecule has 3 heterocycles. The number of aromatic nitrogens is 7. The number of nitrogens with one attached hydrogen (secondary N) is 1. The Labute approximate surface area is 169 Å². The molecule has 30 heavy (non-hydrogen) atoms. The van der Waals surface area contributed by atoms with Crippen LogP contribution in [0.3, 0.4) is 0 Å². The summed E-state index contributed by atoms with van der Waals surface area (Å²) in [6.45, 7) is 0.512. The van der Waals surface area contributed by atoms with E-state index in [1.807, 2.05) is 0 Å². The molecule has 0 bridgehead atoms. The molecule has 0 radical (unpaired) electrons. The summed E-state index contributed by atoms with van der Waals surface area (Å²) >= 11 is 0. The van der Waals surface area contributed by atoms with Crippen LogP contribution in [-0.2, 0) is 6.54 Å². The molecule has 3 aromatic heterocycles. The second-order valence-corrected chi connectivity index (χ2v) is 6.97. The first-order chi connectivity index (χ1) is 14.7. The second-order valence-electron chi connectivity index (χ2n) is 6.97. The van der Waals surface area contributed by atoms with E-state index in [2.05, 4.69) is 25.9 Å². The van der Waals surface area contributed by atoms with Crippen molar-refractivity contribution in [2.24, 2.45) is 0 Å². The van der Waals surface area contributed by atoms with Crippen LogP contribution in [0, 0.1) is 0 Å². The van der Waals surface area contributed by atoms with Gasteiger partial charge in [0.1, 0.15) is 6.33 Å². The maximum atomic E-state index is 12.8. The lowest BCUT2D eigenvalue weighted by Gasteiger charge is -2.06. The van der Waals surface area contributed by atoms with Crippen molar-refractivity contribution in [1.82, 2.24) is 39.9 Å². The Morgan fingerprint density at radius 1 is 1.23 bits per heavy atom. The van der Waals surface area contributed by atoms with Crippen LogP contribution in [0.4, 0.5) is 0 Å². The molecule has 0 atom stereocenters. The van der Waals surface area contributed by atoms with Crippen molar-refractivity contribution < 1.29 is 9.21 Å². The molecule has 0 spiro atoms. The molecule has 1 aromatic carbocycles. The van der Waals surface area contributed by atoms with Gasteiger partial charge in [0.2, 0.25) is 5.82 Å². The van der Waals surface area contributed by atoms with Crippen molar-refractivity contribution >= 4 is 5.91 Å². The summed E-state index contributed by atoms with van der Waals surface area (Å²) in [5.74, 6) is 0.819. The minimum Gasteiger partial charge on any atom is -0.461 e. The van der Waals surface area contributed by atoms with Gasteiger partial charge in [-0.25, -0.2) is 14.2 Å². The van der Waals surface area contributed by atoms with Crippen LogP contribution in [0.15, 0.2) is 58.2 Å². The summed E-state index contributed by atoms with van der Waals surface area (Å²) in [4.78, 5) is 25.3. The smallest absolute Gasteiger partial charge is 0.346 e. The molecule has 5 rings (SSSR count). The average Bonchev–Trinajstić information content (AvgIpc) is 3.17. The number of furan rings is 1. The zero-order chi connectivity index (χ0) is 20.5. The van der Waals surface area contributed by atoms with Gasteiger partial charge in [-0.2, -0.15) is 0 Å². The third-order valence-electron chi connectivity index (χ3n) is 4.86. The lowest BCUT2D eigenvalue weighted by Crippen LogP contribution is -2.32. The largest absolute Gasteiger partial charge is 0.461 e. The number of tetrazole rings is 1. The van der Waals surface area contributed by atoms with Gasteiger partial charge in [-0.15, -0.1) is 10.2 Å². The van der Waals surface area contributed by atoms with E-state index in [1.165, 1.54) is 15.7 Å². The molecular formula is C19H18N8O3. The van der Waals surface area contributed by atoms with Crippen molar-refractivity contribution in [2.75, 3.05) is 6.54 Å². The Hall–Kier alpha value is -4.02. The number of rotatable bonds is 7. The highest BCUT2D eigenvalue weighted by atomic mass is 16.3. The lowest BCUT2D eigenvalue weighted by atomic mass is 10.2. The first kappa shape index (κ1) is 18.0.